The largest absolute Gasteiger partial charge is 0.507 e. The Kier molecular flexibility index (Phi) is 5.42. The Hall–Kier alpha value is -1.26. The van der Waals surface area contributed by atoms with Gasteiger partial charge in [0, 0.05) is 17.0 Å². The van der Waals surface area contributed by atoms with Crippen LogP contribution >= 0.6 is 11.6 Å². The van der Waals surface area contributed by atoms with Crippen LogP contribution in [0.3, 0.4) is 0 Å². The van der Waals surface area contributed by atoms with Gasteiger partial charge in [0.15, 0.2) is 0 Å². The van der Waals surface area contributed by atoms with Gasteiger partial charge < -0.3 is 15.5 Å². The van der Waals surface area contributed by atoms with E-state index in [2.05, 4.69) is 5.32 Å². The molecule has 0 aliphatic heterocycles. The lowest BCUT2D eigenvalue weighted by Crippen LogP contribution is -2.43. The third-order valence-corrected chi connectivity index (χ3v) is 3.58. The van der Waals surface area contributed by atoms with E-state index in [1.807, 2.05) is 27.7 Å². The molecule has 1 unspecified atom stereocenters. The molecular weight excluding hydrogens is 278 g/mol. The molecule has 112 valence electrons. The van der Waals surface area contributed by atoms with Crippen molar-refractivity contribution in [3.8, 4) is 5.75 Å². The lowest BCUT2D eigenvalue weighted by atomic mass is 9.80. The summed E-state index contributed by atoms with van der Waals surface area (Å²) in [5.74, 6) is -0.426. The molecule has 1 rings (SSSR count). The average molecular weight is 300 g/mol. The summed E-state index contributed by atoms with van der Waals surface area (Å²) in [5, 5.41) is 22.9. The fraction of sp³-hybridized carbons (Fsp3) is 0.533. The van der Waals surface area contributed by atoms with Gasteiger partial charge in [0.05, 0.1) is 11.7 Å². The molecule has 0 aliphatic carbocycles. The maximum Gasteiger partial charge on any atom is 0.255 e. The van der Waals surface area contributed by atoms with Gasteiger partial charge in [-0.05, 0) is 24.1 Å². The molecule has 1 aromatic carbocycles. The van der Waals surface area contributed by atoms with E-state index < -0.39 is 17.4 Å². The van der Waals surface area contributed by atoms with Crippen molar-refractivity contribution in [3.63, 3.8) is 0 Å². The van der Waals surface area contributed by atoms with Gasteiger partial charge in [-0.15, -0.1) is 0 Å². The molecule has 1 aromatic rings. The van der Waals surface area contributed by atoms with Crippen LogP contribution in [0, 0.1) is 11.3 Å². The molecule has 0 saturated carbocycles. The zero-order valence-electron chi connectivity index (χ0n) is 12.3. The Balaban J connectivity index is 2.75. The number of hydrogen-bond donors (Lipinski definition) is 3. The number of benzene rings is 1. The highest BCUT2D eigenvalue weighted by Crippen LogP contribution is 2.26. The van der Waals surface area contributed by atoms with Gasteiger partial charge in [0.2, 0.25) is 0 Å². The first-order valence-electron chi connectivity index (χ1n) is 6.60. The van der Waals surface area contributed by atoms with Gasteiger partial charge in [-0.2, -0.15) is 0 Å². The topological polar surface area (TPSA) is 69.6 Å². The normalized spacial score (nSPS) is 13.3. The Morgan fingerprint density at radius 3 is 2.55 bits per heavy atom. The monoisotopic (exact) mass is 299 g/mol. The third kappa shape index (κ3) is 4.12. The summed E-state index contributed by atoms with van der Waals surface area (Å²) in [4.78, 5) is 12.0. The van der Waals surface area contributed by atoms with Crippen LogP contribution in [0.15, 0.2) is 18.2 Å². The quantitative estimate of drug-likeness (QED) is 0.783. The number of aliphatic hydroxyl groups is 1. The molecular formula is C15H22ClNO3. The number of aliphatic hydroxyl groups excluding tert-OH is 1. The maximum absolute atomic E-state index is 12.0. The number of nitrogens with one attached hydrogen (secondary N) is 1. The Bertz CT molecular complexity index is 486. The summed E-state index contributed by atoms with van der Waals surface area (Å²) in [6.45, 7) is 7.93. The molecule has 0 fully saturated rings. The van der Waals surface area contributed by atoms with Crippen LogP contribution in [0.1, 0.15) is 38.1 Å². The molecule has 0 radical (unpaired) electrons. The smallest absolute Gasteiger partial charge is 0.255 e. The van der Waals surface area contributed by atoms with Crippen LogP contribution in [0.4, 0.5) is 0 Å². The highest BCUT2D eigenvalue weighted by atomic mass is 35.5. The van der Waals surface area contributed by atoms with E-state index in [0.29, 0.717) is 11.6 Å². The number of amides is 1. The van der Waals surface area contributed by atoms with E-state index in [1.165, 1.54) is 18.2 Å². The minimum Gasteiger partial charge on any atom is -0.507 e. The number of aromatic hydroxyl groups is 1. The molecule has 0 aromatic heterocycles. The summed E-state index contributed by atoms with van der Waals surface area (Å²) < 4.78 is 0. The molecule has 3 N–H and O–H groups in total. The predicted molar refractivity (Wildman–Crippen MR) is 80.1 cm³/mol. The number of phenolic OH excluding ortho intramolecular Hbond substituents is 1. The van der Waals surface area contributed by atoms with E-state index in [9.17, 15) is 15.0 Å². The van der Waals surface area contributed by atoms with Crippen LogP contribution in [0.25, 0.3) is 0 Å². The summed E-state index contributed by atoms with van der Waals surface area (Å²) in [5.41, 5.74) is -0.329. The first kappa shape index (κ1) is 16.8. The van der Waals surface area contributed by atoms with Crippen molar-refractivity contribution in [1.29, 1.82) is 0 Å². The number of carbonyl (C=O) groups excluding carboxylic acids is 1. The number of rotatable bonds is 5. The van der Waals surface area contributed by atoms with Crippen molar-refractivity contribution in [2.45, 2.75) is 33.8 Å². The molecule has 5 heteroatoms. The van der Waals surface area contributed by atoms with Gasteiger partial charge in [-0.3, -0.25) is 4.79 Å². The van der Waals surface area contributed by atoms with E-state index in [1.54, 1.807) is 0 Å². The van der Waals surface area contributed by atoms with Crippen molar-refractivity contribution < 1.29 is 15.0 Å². The van der Waals surface area contributed by atoms with Gasteiger partial charge >= 0.3 is 0 Å². The number of halogens is 1. The summed E-state index contributed by atoms with van der Waals surface area (Å²) in [6, 6.07) is 4.31. The van der Waals surface area contributed by atoms with Crippen LogP contribution in [0.2, 0.25) is 5.02 Å². The number of hydrogen-bond acceptors (Lipinski definition) is 3. The third-order valence-electron chi connectivity index (χ3n) is 3.34. The second-order valence-corrected chi connectivity index (χ2v) is 6.46. The summed E-state index contributed by atoms with van der Waals surface area (Å²) in [6.07, 6.45) is -0.532. The summed E-state index contributed by atoms with van der Waals surface area (Å²) >= 11 is 5.81. The van der Waals surface area contributed by atoms with Gasteiger partial charge in [0.1, 0.15) is 5.75 Å². The second-order valence-electron chi connectivity index (χ2n) is 6.02. The standard InChI is InChI=1S/C15H22ClNO3/c1-9(2)13(19)15(3,4)8-17-14(20)11-7-10(16)5-6-12(11)18/h5-7,9,13,18-19H,8H2,1-4H3,(H,17,20). The predicted octanol–water partition coefficient (Wildman–Crippen LogP) is 2.82. The van der Waals surface area contributed by atoms with Crippen molar-refractivity contribution in [2.75, 3.05) is 6.54 Å². The van der Waals surface area contributed by atoms with E-state index in [0.717, 1.165) is 0 Å². The lowest BCUT2D eigenvalue weighted by Gasteiger charge is -2.33. The molecule has 20 heavy (non-hydrogen) atoms. The van der Waals surface area contributed by atoms with Crippen molar-refractivity contribution >= 4 is 17.5 Å². The van der Waals surface area contributed by atoms with E-state index in [4.69, 9.17) is 11.6 Å². The molecule has 1 atom stereocenters. The Morgan fingerprint density at radius 2 is 2.00 bits per heavy atom. The molecule has 0 heterocycles. The maximum atomic E-state index is 12.0. The zero-order chi connectivity index (χ0) is 15.5. The van der Waals surface area contributed by atoms with E-state index in [-0.39, 0.29) is 17.2 Å². The van der Waals surface area contributed by atoms with Gasteiger partial charge in [-0.25, -0.2) is 0 Å². The SMILES string of the molecule is CC(C)C(O)C(C)(C)CNC(=O)c1cc(Cl)ccc1O. The molecule has 4 nitrogen and oxygen atoms in total. The van der Waals surface area contributed by atoms with Crippen LogP contribution in [0.5, 0.6) is 5.75 Å². The Labute approximate surface area is 124 Å². The van der Waals surface area contributed by atoms with Crippen LogP contribution < -0.4 is 5.32 Å². The highest BCUT2D eigenvalue weighted by molar-refractivity contribution is 6.31. The molecule has 0 aliphatic rings. The Morgan fingerprint density at radius 1 is 1.40 bits per heavy atom. The average Bonchev–Trinajstić information content (AvgIpc) is 2.37. The molecule has 0 spiro atoms. The number of phenols is 1. The molecule has 1 amide bonds. The van der Waals surface area contributed by atoms with Crippen molar-refractivity contribution in [1.82, 2.24) is 5.32 Å². The first-order valence-corrected chi connectivity index (χ1v) is 6.97. The van der Waals surface area contributed by atoms with Crippen LogP contribution in [-0.4, -0.2) is 28.8 Å². The molecule has 0 saturated heterocycles. The van der Waals surface area contributed by atoms with Crippen molar-refractivity contribution in [2.24, 2.45) is 11.3 Å². The van der Waals surface area contributed by atoms with Gasteiger partial charge in [-0.1, -0.05) is 39.3 Å². The first-order chi connectivity index (χ1) is 9.15. The summed E-state index contributed by atoms with van der Waals surface area (Å²) in [7, 11) is 0. The fourth-order valence-electron chi connectivity index (χ4n) is 2.10. The fourth-order valence-corrected chi connectivity index (χ4v) is 2.27. The highest BCUT2D eigenvalue weighted by Gasteiger charge is 2.30. The minimum atomic E-state index is -0.532. The van der Waals surface area contributed by atoms with E-state index >= 15 is 0 Å². The van der Waals surface area contributed by atoms with Crippen LogP contribution in [-0.2, 0) is 0 Å². The second kappa shape index (κ2) is 6.46. The number of carbonyl (C=O) groups is 1. The van der Waals surface area contributed by atoms with Crippen molar-refractivity contribution in [3.05, 3.63) is 28.8 Å². The van der Waals surface area contributed by atoms with Gasteiger partial charge in [0.25, 0.3) is 5.91 Å². The zero-order valence-corrected chi connectivity index (χ0v) is 13.0. The molecule has 0 bridgehead atoms. The lowest BCUT2D eigenvalue weighted by molar-refractivity contribution is 0.0138. The minimum absolute atomic E-state index is 0.0986.